The average Bonchev–Trinajstić information content (AvgIpc) is 3.06. The largest absolute Gasteiger partial charge is 0.473 e. The highest BCUT2D eigenvalue weighted by Crippen LogP contribution is 2.29. The molecular formula is C17H21N3O5. The maximum Gasteiger partial charge on any atom is 0.410 e. The molecule has 1 aromatic heterocycles. The number of anilines is 1. The number of rotatable bonds is 5. The SMILES string of the molecule is Cc1c(OC[C@H]2COC(C)(C)O2)nn(-c2ccccc2)c1NC(=O)O. The summed E-state index contributed by atoms with van der Waals surface area (Å²) in [6.45, 7) is 6.14. The first-order chi connectivity index (χ1) is 11.9. The molecule has 1 aliphatic rings. The molecule has 1 aromatic carbocycles. The fourth-order valence-corrected chi connectivity index (χ4v) is 2.63. The number of nitrogens with one attached hydrogen (secondary N) is 1. The second-order valence-electron chi connectivity index (χ2n) is 6.22. The van der Waals surface area contributed by atoms with Crippen molar-refractivity contribution in [1.82, 2.24) is 9.78 Å². The van der Waals surface area contributed by atoms with Crippen LogP contribution in [0.1, 0.15) is 19.4 Å². The van der Waals surface area contributed by atoms with Gasteiger partial charge in [-0.3, -0.25) is 5.32 Å². The Bertz CT molecular complexity index is 757. The van der Waals surface area contributed by atoms with E-state index >= 15 is 0 Å². The summed E-state index contributed by atoms with van der Waals surface area (Å²) in [5.74, 6) is 0.0706. The fourth-order valence-electron chi connectivity index (χ4n) is 2.63. The number of hydrogen-bond acceptors (Lipinski definition) is 5. The van der Waals surface area contributed by atoms with Crippen molar-refractivity contribution < 1.29 is 24.1 Å². The van der Waals surface area contributed by atoms with Gasteiger partial charge in [0, 0.05) is 0 Å². The van der Waals surface area contributed by atoms with Crippen LogP contribution in [-0.2, 0) is 9.47 Å². The maximum atomic E-state index is 11.1. The topological polar surface area (TPSA) is 94.8 Å². The van der Waals surface area contributed by atoms with E-state index in [1.165, 1.54) is 4.68 Å². The van der Waals surface area contributed by atoms with E-state index < -0.39 is 11.9 Å². The Labute approximate surface area is 145 Å². The molecule has 1 fully saturated rings. The molecule has 1 amide bonds. The molecule has 1 aliphatic heterocycles. The van der Waals surface area contributed by atoms with Gasteiger partial charge in [-0.1, -0.05) is 18.2 Å². The fraction of sp³-hybridized carbons (Fsp3) is 0.412. The van der Waals surface area contributed by atoms with E-state index in [9.17, 15) is 4.79 Å². The molecule has 8 heteroatoms. The first-order valence-electron chi connectivity index (χ1n) is 7.95. The van der Waals surface area contributed by atoms with Crippen LogP contribution in [0.2, 0.25) is 0 Å². The molecular weight excluding hydrogens is 326 g/mol. The lowest BCUT2D eigenvalue weighted by atomic mass is 10.3. The number of para-hydroxylation sites is 1. The standard InChI is InChI=1S/C17H21N3O5/c1-11-14(18-16(21)22)20(12-7-5-4-6-8-12)19-15(11)23-9-13-10-24-17(2,3)25-13/h4-8,13,18H,9-10H2,1-3H3,(H,21,22)/t13-/m0/s1. The van der Waals surface area contributed by atoms with Gasteiger partial charge in [0.05, 0.1) is 17.9 Å². The highest BCUT2D eigenvalue weighted by Gasteiger charge is 2.33. The third-order valence-electron chi connectivity index (χ3n) is 3.78. The Morgan fingerprint density at radius 2 is 2.16 bits per heavy atom. The van der Waals surface area contributed by atoms with Gasteiger partial charge in [-0.15, -0.1) is 5.10 Å². The van der Waals surface area contributed by atoms with Crippen LogP contribution in [0.5, 0.6) is 5.88 Å². The van der Waals surface area contributed by atoms with Crippen molar-refractivity contribution in [1.29, 1.82) is 0 Å². The van der Waals surface area contributed by atoms with Crippen LogP contribution in [0.4, 0.5) is 10.6 Å². The molecule has 2 heterocycles. The number of benzene rings is 1. The molecule has 0 bridgehead atoms. The lowest BCUT2D eigenvalue weighted by Crippen LogP contribution is -2.25. The Morgan fingerprint density at radius 3 is 2.76 bits per heavy atom. The Morgan fingerprint density at radius 1 is 1.44 bits per heavy atom. The van der Waals surface area contributed by atoms with Crippen molar-refractivity contribution >= 4 is 11.9 Å². The molecule has 3 rings (SSSR count). The van der Waals surface area contributed by atoms with Crippen LogP contribution < -0.4 is 10.1 Å². The van der Waals surface area contributed by atoms with Gasteiger partial charge in [-0.25, -0.2) is 9.48 Å². The predicted octanol–water partition coefficient (Wildman–Crippen LogP) is 2.80. The molecule has 2 N–H and O–H groups in total. The predicted molar refractivity (Wildman–Crippen MR) is 90.3 cm³/mol. The first-order valence-corrected chi connectivity index (χ1v) is 7.95. The molecule has 1 saturated heterocycles. The lowest BCUT2D eigenvalue weighted by Gasteiger charge is -2.17. The van der Waals surface area contributed by atoms with Crippen molar-refractivity contribution in [3.05, 3.63) is 35.9 Å². The van der Waals surface area contributed by atoms with Gasteiger partial charge in [-0.05, 0) is 32.9 Å². The van der Waals surface area contributed by atoms with Gasteiger partial charge in [0.15, 0.2) is 5.79 Å². The number of amides is 1. The molecule has 2 aromatic rings. The summed E-state index contributed by atoms with van der Waals surface area (Å²) in [6, 6.07) is 9.24. The molecule has 0 unspecified atom stereocenters. The lowest BCUT2D eigenvalue weighted by molar-refractivity contribution is -0.141. The van der Waals surface area contributed by atoms with Crippen LogP contribution >= 0.6 is 0 Å². The van der Waals surface area contributed by atoms with E-state index in [4.69, 9.17) is 19.3 Å². The van der Waals surface area contributed by atoms with Gasteiger partial charge >= 0.3 is 6.09 Å². The zero-order valence-electron chi connectivity index (χ0n) is 14.4. The summed E-state index contributed by atoms with van der Waals surface area (Å²) in [4.78, 5) is 11.1. The maximum absolute atomic E-state index is 11.1. The zero-order valence-corrected chi connectivity index (χ0v) is 14.4. The monoisotopic (exact) mass is 347 g/mol. The van der Waals surface area contributed by atoms with E-state index in [1.54, 1.807) is 6.92 Å². The molecule has 0 radical (unpaired) electrons. The van der Waals surface area contributed by atoms with E-state index in [2.05, 4.69) is 10.4 Å². The summed E-state index contributed by atoms with van der Waals surface area (Å²) in [5, 5.41) is 15.9. The molecule has 25 heavy (non-hydrogen) atoms. The highest BCUT2D eigenvalue weighted by molar-refractivity contribution is 5.83. The minimum absolute atomic E-state index is 0.202. The van der Waals surface area contributed by atoms with Gasteiger partial charge in [0.25, 0.3) is 0 Å². The van der Waals surface area contributed by atoms with E-state index in [-0.39, 0.29) is 12.7 Å². The van der Waals surface area contributed by atoms with E-state index in [1.807, 2.05) is 44.2 Å². The van der Waals surface area contributed by atoms with Gasteiger partial charge in [0.2, 0.25) is 5.88 Å². The average molecular weight is 347 g/mol. The molecule has 0 aliphatic carbocycles. The first kappa shape index (κ1) is 17.2. The second-order valence-corrected chi connectivity index (χ2v) is 6.22. The van der Waals surface area contributed by atoms with E-state index in [0.717, 1.165) is 5.69 Å². The summed E-state index contributed by atoms with van der Waals surface area (Å²) in [6.07, 6.45) is -1.37. The second kappa shape index (κ2) is 6.73. The Kier molecular flexibility index (Phi) is 4.65. The molecule has 134 valence electrons. The molecule has 8 nitrogen and oxygen atoms in total. The van der Waals surface area contributed by atoms with Gasteiger partial charge in [-0.2, -0.15) is 0 Å². The van der Waals surface area contributed by atoms with Crippen LogP contribution in [0.25, 0.3) is 5.69 Å². The summed E-state index contributed by atoms with van der Waals surface area (Å²) >= 11 is 0. The van der Waals surface area contributed by atoms with Crippen LogP contribution in [0.3, 0.4) is 0 Å². The normalized spacial score (nSPS) is 18.9. The minimum Gasteiger partial charge on any atom is -0.473 e. The number of nitrogens with zero attached hydrogens (tertiary/aromatic N) is 2. The summed E-state index contributed by atoms with van der Waals surface area (Å²) in [7, 11) is 0. The third kappa shape index (κ3) is 3.92. The van der Waals surface area contributed by atoms with Crippen LogP contribution in [0.15, 0.2) is 30.3 Å². The molecule has 0 spiro atoms. The third-order valence-corrected chi connectivity index (χ3v) is 3.78. The highest BCUT2D eigenvalue weighted by atomic mass is 16.7. The quantitative estimate of drug-likeness (QED) is 0.864. The van der Waals surface area contributed by atoms with Crippen molar-refractivity contribution in [3.63, 3.8) is 0 Å². The minimum atomic E-state index is -1.17. The van der Waals surface area contributed by atoms with Crippen molar-refractivity contribution in [2.24, 2.45) is 0 Å². The van der Waals surface area contributed by atoms with Crippen LogP contribution in [0, 0.1) is 6.92 Å². The number of aromatic nitrogens is 2. The number of carbonyl (C=O) groups is 1. The van der Waals surface area contributed by atoms with Crippen molar-refractivity contribution in [2.75, 3.05) is 18.5 Å². The molecule has 0 saturated carbocycles. The van der Waals surface area contributed by atoms with Crippen molar-refractivity contribution in [3.8, 4) is 11.6 Å². The summed E-state index contributed by atoms with van der Waals surface area (Å²) in [5.41, 5.74) is 1.33. The Hall–Kier alpha value is -2.58. The number of ether oxygens (including phenoxy) is 3. The Balaban J connectivity index is 1.82. The van der Waals surface area contributed by atoms with Gasteiger partial charge < -0.3 is 19.3 Å². The molecule has 1 atom stereocenters. The smallest absolute Gasteiger partial charge is 0.410 e. The number of hydrogen-bond donors (Lipinski definition) is 2. The van der Waals surface area contributed by atoms with Crippen molar-refractivity contribution in [2.45, 2.75) is 32.7 Å². The summed E-state index contributed by atoms with van der Waals surface area (Å²) < 4.78 is 18.5. The zero-order chi connectivity index (χ0) is 18.0. The van der Waals surface area contributed by atoms with Crippen LogP contribution in [-0.4, -0.2) is 46.1 Å². The van der Waals surface area contributed by atoms with Gasteiger partial charge in [0.1, 0.15) is 18.5 Å². The number of carboxylic acid groups (broad SMARTS) is 1. The van der Waals surface area contributed by atoms with E-state index in [0.29, 0.717) is 23.9 Å².